The molecule has 0 N–H and O–H groups in total. The predicted octanol–water partition coefficient (Wildman–Crippen LogP) is 0.503. The summed E-state index contributed by atoms with van der Waals surface area (Å²) in [5.41, 5.74) is 0. The smallest absolute Gasteiger partial charge is 0.0874 e. The van der Waals surface area contributed by atoms with Crippen LogP contribution in [0.4, 0.5) is 0 Å². The van der Waals surface area contributed by atoms with Crippen LogP contribution in [0.5, 0.6) is 0 Å². The van der Waals surface area contributed by atoms with Crippen molar-refractivity contribution < 1.29 is 9.47 Å². The summed E-state index contributed by atoms with van der Waals surface area (Å²) in [5.74, 6) is 0. The molecule has 1 rings (SSSR count). The van der Waals surface area contributed by atoms with Crippen molar-refractivity contribution in [1.82, 2.24) is 0 Å². The van der Waals surface area contributed by atoms with E-state index in [0.717, 1.165) is 13.0 Å². The average Bonchev–Trinajstić information content (AvgIpc) is 1.90. The number of hydrogen-bond acceptors (Lipinski definition) is 2. The first kappa shape index (κ1) is 6.05. The van der Waals surface area contributed by atoms with E-state index in [1.165, 1.54) is 0 Å². The first-order valence-electron chi connectivity index (χ1n) is 2.77. The largest absolute Gasteiger partial charge is 0.379 e. The van der Waals surface area contributed by atoms with Crippen LogP contribution >= 0.6 is 0 Å². The van der Waals surface area contributed by atoms with Gasteiger partial charge in [0, 0.05) is 20.1 Å². The third-order valence-corrected chi connectivity index (χ3v) is 1.17. The quantitative estimate of drug-likeness (QED) is 0.494. The van der Waals surface area contributed by atoms with Crippen LogP contribution in [0.15, 0.2) is 0 Å². The Morgan fingerprint density at radius 3 is 3.00 bits per heavy atom. The maximum atomic E-state index is 5.09. The predicted molar refractivity (Wildman–Crippen MR) is 29.5 cm³/mol. The number of methoxy groups -OCH3 is 1. The molecule has 1 saturated heterocycles. The van der Waals surface area contributed by atoms with Crippen LogP contribution in [-0.2, 0) is 9.47 Å². The number of hydrogen-bond donors (Lipinski definition) is 0. The van der Waals surface area contributed by atoms with Crippen molar-refractivity contribution in [3.05, 3.63) is 6.42 Å². The van der Waals surface area contributed by atoms with Crippen LogP contribution in [-0.4, -0.2) is 26.4 Å². The molecule has 1 heterocycles. The summed E-state index contributed by atoms with van der Waals surface area (Å²) in [6, 6.07) is 0. The molecule has 0 aromatic heterocycles. The minimum absolute atomic E-state index is 0.115. The van der Waals surface area contributed by atoms with E-state index in [2.05, 4.69) is 6.42 Å². The summed E-state index contributed by atoms with van der Waals surface area (Å²) in [6.07, 6.45) is 4.14. The third-order valence-electron chi connectivity index (χ3n) is 1.17. The fourth-order valence-electron chi connectivity index (χ4n) is 0.693. The van der Waals surface area contributed by atoms with Crippen molar-refractivity contribution in [3.8, 4) is 0 Å². The number of ether oxygens (including phenoxy) is 2. The van der Waals surface area contributed by atoms with E-state index in [1.54, 1.807) is 7.11 Å². The highest BCUT2D eigenvalue weighted by Crippen LogP contribution is 2.06. The van der Waals surface area contributed by atoms with Crippen molar-refractivity contribution in [2.75, 3.05) is 20.3 Å². The molecule has 1 atom stereocenters. The lowest BCUT2D eigenvalue weighted by atomic mass is 10.2. The summed E-state index contributed by atoms with van der Waals surface area (Å²) >= 11 is 0. The van der Waals surface area contributed by atoms with E-state index in [9.17, 15) is 0 Å². The highest BCUT2D eigenvalue weighted by atomic mass is 16.5. The van der Waals surface area contributed by atoms with E-state index in [4.69, 9.17) is 9.47 Å². The topological polar surface area (TPSA) is 18.5 Å². The zero-order valence-corrected chi connectivity index (χ0v) is 5.02. The van der Waals surface area contributed by atoms with Gasteiger partial charge in [-0.2, -0.15) is 0 Å². The first-order valence-corrected chi connectivity index (χ1v) is 2.77. The normalized spacial score (nSPS) is 30.4. The summed E-state index contributed by atoms with van der Waals surface area (Å²) in [5, 5.41) is 0. The fraction of sp³-hybridized carbons (Fsp3) is 0.833. The van der Waals surface area contributed by atoms with Gasteiger partial charge in [0.2, 0.25) is 0 Å². The van der Waals surface area contributed by atoms with Crippen LogP contribution in [0.1, 0.15) is 6.42 Å². The van der Waals surface area contributed by atoms with Crippen LogP contribution < -0.4 is 0 Å². The van der Waals surface area contributed by atoms with Crippen molar-refractivity contribution >= 4 is 0 Å². The SMILES string of the molecule is COC1[C]CCOC1. The van der Waals surface area contributed by atoms with Gasteiger partial charge in [-0.15, -0.1) is 0 Å². The van der Waals surface area contributed by atoms with Gasteiger partial charge in [-0.05, 0) is 6.42 Å². The highest BCUT2D eigenvalue weighted by Gasteiger charge is 2.12. The Kier molecular flexibility index (Phi) is 2.30. The Labute approximate surface area is 49.8 Å². The lowest BCUT2D eigenvalue weighted by molar-refractivity contribution is -0.000163. The molecule has 0 saturated carbocycles. The molecule has 1 fully saturated rings. The zero-order chi connectivity index (χ0) is 5.82. The Balaban J connectivity index is 2.13. The lowest BCUT2D eigenvalue weighted by Crippen LogP contribution is -2.24. The van der Waals surface area contributed by atoms with Gasteiger partial charge in [-0.3, -0.25) is 0 Å². The molecule has 0 spiro atoms. The summed E-state index contributed by atoms with van der Waals surface area (Å²) < 4.78 is 10.0. The number of rotatable bonds is 1. The molecule has 1 aliphatic heterocycles. The van der Waals surface area contributed by atoms with Gasteiger partial charge in [0.15, 0.2) is 0 Å². The van der Waals surface area contributed by atoms with Crippen LogP contribution in [0.25, 0.3) is 0 Å². The molecule has 2 heteroatoms. The summed E-state index contributed by atoms with van der Waals surface area (Å²) in [4.78, 5) is 0. The van der Waals surface area contributed by atoms with Gasteiger partial charge >= 0.3 is 0 Å². The van der Waals surface area contributed by atoms with Crippen LogP contribution in [0, 0.1) is 6.42 Å². The molecule has 2 nitrogen and oxygen atoms in total. The van der Waals surface area contributed by atoms with Gasteiger partial charge < -0.3 is 9.47 Å². The first-order chi connectivity index (χ1) is 3.93. The van der Waals surface area contributed by atoms with E-state index >= 15 is 0 Å². The van der Waals surface area contributed by atoms with Gasteiger partial charge in [-0.25, -0.2) is 0 Å². The minimum Gasteiger partial charge on any atom is -0.379 e. The molecule has 0 amide bonds. The second-order valence-electron chi connectivity index (χ2n) is 1.75. The van der Waals surface area contributed by atoms with Crippen LogP contribution in [0.3, 0.4) is 0 Å². The monoisotopic (exact) mass is 114 g/mol. The summed E-state index contributed by atoms with van der Waals surface area (Å²) in [7, 11) is 1.67. The second kappa shape index (κ2) is 3.05. The Bertz CT molecular complexity index is 57.5. The maximum Gasteiger partial charge on any atom is 0.0874 e. The lowest BCUT2D eigenvalue weighted by Gasteiger charge is -2.19. The Morgan fingerprint density at radius 2 is 2.62 bits per heavy atom. The van der Waals surface area contributed by atoms with E-state index in [0.29, 0.717) is 6.61 Å². The fourth-order valence-corrected chi connectivity index (χ4v) is 0.693. The molecule has 1 aliphatic rings. The highest BCUT2D eigenvalue weighted by molar-refractivity contribution is 4.79. The standard InChI is InChI=1S/C6H10O2/c1-7-6-3-2-4-8-5-6/h6H,2,4-5H2,1H3. The van der Waals surface area contributed by atoms with Crippen LogP contribution in [0.2, 0.25) is 0 Å². The molecular weight excluding hydrogens is 104 g/mol. The maximum absolute atomic E-state index is 5.09. The third kappa shape index (κ3) is 1.46. The van der Waals surface area contributed by atoms with Gasteiger partial charge in [0.1, 0.15) is 0 Å². The molecule has 46 valence electrons. The van der Waals surface area contributed by atoms with Crippen molar-refractivity contribution in [2.24, 2.45) is 0 Å². The van der Waals surface area contributed by atoms with Gasteiger partial charge in [0.05, 0.1) is 12.7 Å². The average molecular weight is 114 g/mol. The van der Waals surface area contributed by atoms with Gasteiger partial charge in [0.25, 0.3) is 0 Å². The van der Waals surface area contributed by atoms with Crippen molar-refractivity contribution in [2.45, 2.75) is 12.5 Å². The molecule has 0 aliphatic carbocycles. The molecule has 8 heavy (non-hydrogen) atoms. The molecule has 2 radical (unpaired) electrons. The molecule has 0 aromatic rings. The summed E-state index contributed by atoms with van der Waals surface area (Å²) in [6.45, 7) is 1.48. The molecule has 0 aromatic carbocycles. The van der Waals surface area contributed by atoms with Crippen molar-refractivity contribution in [3.63, 3.8) is 0 Å². The molecule has 1 unspecified atom stereocenters. The van der Waals surface area contributed by atoms with Gasteiger partial charge in [-0.1, -0.05) is 0 Å². The van der Waals surface area contributed by atoms with E-state index in [1.807, 2.05) is 0 Å². The Hall–Kier alpha value is -0.0800. The van der Waals surface area contributed by atoms with E-state index < -0.39 is 0 Å². The van der Waals surface area contributed by atoms with E-state index in [-0.39, 0.29) is 6.10 Å². The molecular formula is C6H10O2. The zero-order valence-electron chi connectivity index (χ0n) is 5.02. The molecule has 0 bridgehead atoms. The second-order valence-corrected chi connectivity index (χ2v) is 1.75. The minimum atomic E-state index is 0.115. The Morgan fingerprint density at radius 1 is 1.75 bits per heavy atom. The van der Waals surface area contributed by atoms with Crippen molar-refractivity contribution in [1.29, 1.82) is 0 Å².